The summed E-state index contributed by atoms with van der Waals surface area (Å²) in [4.78, 5) is 0. The third kappa shape index (κ3) is 11.8. The van der Waals surface area contributed by atoms with Gasteiger partial charge in [-0.1, -0.05) is 0 Å². The Hall–Kier alpha value is -0.160. The second-order valence-corrected chi connectivity index (χ2v) is 5.08. The lowest BCUT2D eigenvalue weighted by molar-refractivity contribution is 0.0206. The van der Waals surface area contributed by atoms with Crippen molar-refractivity contribution >= 4 is 0 Å². The van der Waals surface area contributed by atoms with E-state index < -0.39 is 0 Å². The third-order valence-corrected chi connectivity index (χ3v) is 1.32. The Morgan fingerprint density at radius 2 is 1.07 bits per heavy atom. The van der Waals surface area contributed by atoms with Gasteiger partial charge in [0.25, 0.3) is 0 Å². The molecule has 0 saturated heterocycles. The highest BCUT2D eigenvalue weighted by Crippen LogP contribution is 1.98. The standard InChI is InChI=1S/C10H24N2O2/c1-9(2,11)7-13-5-6-14-8-10(3,4)12/h5-8,11-12H2,1-4H3. The summed E-state index contributed by atoms with van der Waals surface area (Å²) in [5.41, 5.74) is 10.9. The van der Waals surface area contributed by atoms with Crippen LogP contribution in [0.25, 0.3) is 0 Å². The normalized spacial score (nSPS) is 13.3. The second-order valence-electron chi connectivity index (χ2n) is 5.08. The molecule has 0 aliphatic heterocycles. The van der Waals surface area contributed by atoms with Gasteiger partial charge in [0.1, 0.15) is 0 Å². The zero-order valence-corrected chi connectivity index (χ0v) is 9.80. The monoisotopic (exact) mass is 204 g/mol. The van der Waals surface area contributed by atoms with Gasteiger partial charge in [-0.3, -0.25) is 0 Å². The van der Waals surface area contributed by atoms with Gasteiger partial charge < -0.3 is 20.9 Å². The molecule has 14 heavy (non-hydrogen) atoms. The van der Waals surface area contributed by atoms with Crippen LogP contribution in [-0.4, -0.2) is 37.5 Å². The van der Waals surface area contributed by atoms with E-state index in [1.807, 2.05) is 27.7 Å². The molecule has 0 aromatic rings. The van der Waals surface area contributed by atoms with Crippen molar-refractivity contribution in [3.05, 3.63) is 0 Å². The van der Waals surface area contributed by atoms with Crippen molar-refractivity contribution in [2.75, 3.05) is 26.4 Å². The maximum Gasteiger partial charge on any atom is 0.0701 e. The number of hydrogen-bond donors (Lipinski definition) is 2. The van der Waals surface area contributed by atoms with Gasteiger partial charge in [-0.05, 0) is 27.7 Å². The molecule has 0 aromatic heterocycles. The molecule has 0 unspecified atom stereocenters. The summed E-state index contributed by atoms with van der Waals surface area (Å²) in [5, 5.41) is 0. The lowest BCUT2D eigenvalue weighted by atomic mass is 10.1. The van der Waals surface area contributed by atoms with Gasteiger partial charge in [0.15, 0.2) is 0 Å². The molecule has 0 aliphatic rings. The highest BCUT2D eigenvalue weighted by molar-refractivity contribution is 4.71. The van der Waals surface area contributed by atoms with Crippen molar-refractivity contribution < 1.29 is 9.47 Å². The van der Waals surface area contributed by atoms with E-state index in [-0.39, 0.29) is 11.1 Å². The zero-order valence-electron chi connectivity index (χ0n) is 9.80. The molecule has 0 aromatic carbocycles. The molecule has 0 radical (unpaired) electrons. The Kier molecular flexibility index (Phi) is 5.59. The molecule has 4 heteroatoms. The van der Waals surface area contributed by atoms with E-state index in [9.17, 15) is 0 Å². The summed E-state index contributed by atoms with van der Waals surface area (Å²) in [5.74, 6) is 0. The summed E-state index contributed by atoms with van der Waals surface area (Å²) in [6.07, 6.45) is 0. The van der Waals surface area contributed by atoms with Gasteiger partial charge in [0, 0.05) is 11.1 Å². The molecule has 0 saturated carbocycles. The minimum atomic E-state index is -0.271. The fourth-order valence-electron chi connectivity index (χ4n) is 0.788. The molecule has 0 amide bonds. The summed E-state index contributed by atoms with van der Waals surface area (Å²) < 4.78 is 10.6. The van der Waals surface area contributed by atoms with Crippen molar-refractivity contribution in [2.24, 2.45) is 11.5 Å². The summed E-state index contributed by atoms with van der Waals surface area (Å²) >= 11 is 0. The number of nitrogens with two attached hydrogens (primary N) is 2. The van der Waals surface area contributed by atoms with Crippen LogP contribution in [0.4, 0.5) is 0 Å². The molecule has 0 heterocycles. The smallest absolute Gasteiger partial charge is 0.0701 e. The van der Waals surface area contributed by atoms with Gasteiger partial charge in [0.2, 0.25) is 0 Å². The van der Waals surface area contributed by atoms with E-state index in [2.05, 4.69) is 0 Å². The minimum Gasteiger partial charge on any atom is -0.377 e. The minimum absolute atomic E-state index is 0.271. The fourth-order valence-corrected chi connectivity index (χ4v) is 0.788. The largest absolute Gasteiger partial charge is 0.377 e. The van der Waals surface area contributed by atoms with E-state index in [0.717, 1.165) is 0 Å². The van der Waals surface area contributed by atoms with Crippen LogP contribution in [0, 0.1) is 0 Å². The fraction of sp³-hybridized carbons (Fsp3) is 1.00. The van der Waals surface area contributed by atoms with Crippen LogP contribution in [-0.2, 0) is 9.47 Å². The first kappa shape index (κ1) is 13.8. The van der Waals surface area contributed by atoms with E-state index in [1.165, 1.54) is 0 Å². The maximum absolute atomic E-state index is 5.73. The van der Waals surface area contributed by atoms with Crippen molar-refractivity contribution in [3.63, 3.8) is 0 Å². The molecule has 0 rings (SSSR count). The Morgan fingerprint density at radius 1 is 0.786 bits per heavy atom. The van der Waals surface area contributed by atoms with Crippen LogP contribution >= 0.6 is 0 Å². The van der Waals surface area contributed by atoms with Gasteiger partial charge in [0.05, 0.1) is 26.4 Å². The van der Waals surface area contributed by atoms with Gasteiger partial charge >= 0.3 is 0 Å². The first-order valence-corrected chi connectivity index (χ1v) is 4.94. The first-order chi connectivity index (χ1) is 6.21. The average molecular weight is 204 g/mol. The van der Waals surface area contributed by atoms with Gasteiger partial charge in [-0.15, -0.1) is 0 Å². The third-order valence-electron chi connectivity index (χ3n) is 1.32. The summed E-state index contributed by atoms with van der Waals surface area (Å²) in [7, 11) is 0. The van der Waals surface area contributed by atoms with Crippen molar-refractivity contribution in [1.82, 2.24) is 0 Å². The van der Waals surface area contributed by atoms with Crippen LogP contribution in [0.1, 0.15) is 27.7 Å². The van der Waals surface area contributed by atoms with E-state index in [1.54, 1.807) is 0 Å². The van der Waals surface area contributed by atoms with Crippen LogP contribution in [0.2, 0.25) is 0 Å². The molecule has 4 N–H and O–H groups in total. The quantitative estimate of drug-likeness (QED) is 0.592. The zero-order chi connectivity index (χ0) is 11.2. The predicted octanol–water partition coefficient (Wildman–Crippen LogP) is 0.494. The van der Waals surface area contributed by atoms with Crippen molar-refractivity contribution in [2.45, 2.75) is 38.8 Å². The van der Waals surface area contributed by atoms with Crippen LogP contribution in [0.15, 0.2) is 0 Å². The lowest BCUT2D eigenvalue weighted by Crippen LogP contribution is -2.39. The Labute approximate surface area is 86.9 Å². The van der Waals surface area contributed by atoms with Crippen molar-refractivity contribution in [3.8, 4) is 0 Å². The predicted molar refractivity (Wildman–Crippen MR) is 58.2 cm³/mol. The highest BCUT2D eigenvalue weighted by atomic mass is 16.5. The van der Waals surface area contributed by atoms with E-state index in [0.29, 0.717) is 26.4 Å². The van der Waals surface area contributed by atoms with Gasteiger partial charge in [-0.2, -0.15) is 0 Å². The number of ether oxygens (including phenoxy) is 2. The lowest BCUT2D eigenvalue weighted by Gasteiger charge is -2.20. The Balaban J connectivity index is 3.23. The number of rotatable bonds is 7. The molecular formula is C10H24N2O2. The van der Waals surface area contributed by atoms with Crippen LogP contribution in [0.5, 0.6) is 0 Å². The molecule has 0 atom stereocenters. The maximum atomic E-state index is 5.73. The molecule has 0 bridgehead atoms. The van der Waals surface area contributed by atoms with Crippen LogP contribution in [0.3, 0.4) is 0 Å². The topological polar surface area (TPSA) is 70.5 Å². The van der Waals surface area contributed by atoms with E-state index in [4.69, 9.17) is 20.9 Å². The molecule has 0 fully saturated rings. The van der Waals surface area contributed by atoms with Gasteiger partial charge in [-0.25, -0.2) is 0 Å². The summed E-state index contributed by atoms with van der Waals surface area (Å²) in [6.45, 7) is 9.93. The van der Waals surface area contributed by atoms with Crippen LogP contribution < -0.4 is 11.5 Å². The number of hydrogen-bond acceptors (Lipinski definition) is 4. The summed E-state index contributed by atoms with van der Waals surface area (Å²) in [6, 6.07) is 0. The first-order valence-electron chi connectivity index (χ1n) is 4.94. The Bertz CT molecular complexity index is 129. The Morgan fingerprint density at radius 3 is 1.29 bits per heavy atom. The average Bonchev–Trinajstić information content (AvgIpc) is 1.92. The molecule has 4 nitrogen and oxygen atoms in total. The molecular weight excluding hydrogens is 180 g/mol. The SMILES string of the molecule is CC(C)(N)COCCOCC(C)(C)N. The molecule has 86 valence electrons. The molecule has 0 spiro atoms. The van der Waals surface area contributed by atoms with Crippen molar-refractivity contribution in [1.29, 1.82) is 0 Å². The molecule has 0 aliphatic carbocycles. The second kappa shape index (κ2) is 5.66. The van der Waals surface area contributed by atoms with E-state index >= 15 is 0 Å². The highest BCUT2D eigenvalue weighted by Gasteiger charge is 2.11.